The van der Waals surface area contributed by atoms with Gasteiger partial charge in [-0.2, -0.15) is 0 Å². The minimum Gasteiger partial charge on any atom is -0.477 e. The van der Waals surface area contributed by atoms with Gasteiger partial charge in [0.05, 0.1) is 6.61 Å². The van der Waals surface area contributed by atoms with Crippen molar-refractivity contribution in [2.45, 2.75) is 19.9 Å². The van der Waals surface area contributed by atoms with E-state index in [-0.39, 0.29) is 5.91 Å². The fourth-order valence-corrected chi connectivity index (χ4v) is 3.28. The lowest BCUT2D eigenvalue weighted by molar-refractivity contribution is 0.0756. The number of benzene rings is 1. The van der Waals surface area contributed by atoms with Crippen molar-refractivity contribution in [2.75, 3.05) is 32.8 Å². The predicted molar refractivity (Wildman–Crippen MR) is 103 cm³/mol. The third kappa shape index (κ3) is 4.74. The molecule has 3 rings (SSSR count). The Morgan fingerprint density at radius 1 is 1.15 bits per heavy atom. The second-order valence-electron chi connectivity index (χ2n) is 6.34. The number of carbonyl (C=O) groups is 1. The molecule has 5 nitrogen and oxygen atoms in total. The molecule has 0 unspecified atom stereocenters. The fourth-order valence-electron chi connectivity index (χ4n) is 3.16. The highest BCUT2D eigenvalue weighted by molar-refractivity contribution is 6.30. The van der Waals surface area contributed by atoms with Crippen molar-refractivity contribution in [2.24, 2.45) is 0 Å². The van der Waals surface area contributed by atoms with Gasteiger partial charge in [-0.25, -0.2) is 4.98 Å². The fraction of sp³-hybridized carbons (Fsp3) is 0.400. The van der Waals surface area contributed by atoms with Crippen LogP contribution in [0.2, 0.25) is 5.02 Å². The smallest absolute Gasteiger partial charge is 0.259 e. The first kappa shape index (κ1) is 18.7. The van der Waals surface area contributed by atoms with E-state index in [1.165, 1.54) is 5.56 Å². The van der Waals surface area contributed by atoms with Gasteiger partial charge in [-0.05, 0) is 43.2 Å². The molecular formula is C20H24ClN3O2. The molecule has 2 heterocycles. The standard InChI is InChI=1S/C20H24ClN3O2/c1-2-26-19-18(5-3-10-22-19)20(25)24-12-4-11-23(13-14-24)15-16-6-8-17(21)9-7-16/h3,5-10H,2,4,11-15H2,1H3. The molecule has 0 radical (unpaired) electrons. The van der Waals surface area contributed by atoms with Gasteiger partial charge in [-0.1, -0.05) is 23.7 Å². The quantitative estimate of drug-likeness (QED) is 0.805. The van der Waals surface area contributed by atoms with E-state index in [0.29, 0.717) is 24.6 Å². The molecule has 0 aliphatic carbocycles. The summed E-state index contributed by atoms with van der Waals surface area (Å²) in [5.74, 6) is 0.414. The maximum atomic E-state index is 12.9. The summed E-state index contributed by atoms with van der Waals surface area (Å²) >= 11 is 5.95. The SMILES string of the molecule is CCOc1ncccc1C(=O)N1CCCN(Cc2ccc(Cl)cc2)CC1. The molecule has 1 aliphatic heterocycles. The van der Waals surface area contributed by atoms with Gasteiger partial charge >= 0.3 is 0 Å². The van der Waals surface area contributed by atoms with E-state index in [2.05, 4.69) is 22.0 Å². The van der Waals surface area contributed by atoms with Crippen LogP contribution < -0.4 is 4.74 Å². The van der Waals surface area contributed by atoms with Crippen molar-refractivity contribution in [3.05, 3.63) is 58.7 Å². The number of pyridine rings is 1. The number of halogens is 1. The zero-order chi connectivity index (χ0) is 18.4. The van der Waals surface area contributed by atoms with Gasteiger partial charge in [-0.15, -0.1) is 0 Å². The molecule has 26 heavy (non-hydrogen) atoms. The van der Waals surface area contributed by atoms with Crippen LogP contribution >= 0.6 is 11.6 Å². The van der Waals surface area contributed by atoms with Crippen molar-refractivity contribution in [3.8, 4) is 5.88 Å². The number of hydrogen-bond acceptors (Lipinski definition) is 4. The summed E-state index contributed by atoms with van der Waals surface area (Å²) in [7, 11) is 0. The van der Waals surface area contributed by atoms with Gasteiger partial charge in [0.15, 0.2) is 0 Å². The second kappa shape index (κ2) is 9.01. The minimum atomic E-state index is -0.00473. The Balaban J connectivity index is 1.63. The van der Waals surface area contributed by atoms with Crippen LogP contribution in [0.4, 0.5) is 0 Å². The zero-order valence-electron chi connectivity index (χ0n) is 15.0. The molecule has 0 bridgehead atoms. The third-order valence-electron chi connectivity index (χ3n) is 4.48. The lowest BCUT2D eigenvalue weighted by Gasteiger charge is -2.22. The highest BCUT2D eigenvalue weighted by Crippen LogP contribution is 2.19. The highest BCUT2D eigenvalue weighted by atomic mass is 35.5. The third-order valence-corrected chi connectivity index (χ3v) is 4.73. The van der Waals surface area contributed by atoms with Crippen LogP contribution in [0.1, 0.15) is 29.3 Å². The van der Waals surface area contributed by atoms with Crippen LogP contribution in [0.15, 0.2) is 42.6 Å². The van der Waals surface area contributed by atoms with Crippen LogP contribution in [0.3, 0.4) is 0 Å². The minimum absolute atomic E-state index is 0.00473. The lowest BCUT2D eigenvalue weighted by atomic mass is 10.2. The number of aromatic nitrogens is 1. The number of ether oxygens (including phenoxy) is 1. The van der Waals surface area contributed by atoms with Gasteiger partial charge in [-0.3, -0.25) is 9.69 Å². The van der Waals surface area contributed by atoms with Gasteiger partial charge in [0, 0.05) is 43.9 Å². The van der Waals surface area contributed by atoms with E-state index in [0.717, 1.165) is 37.6 Å². The first-order valence-corrected chi connectivity index (χ1v) is 9.39. The number of rotatable bonds is 5. The predicted octanol–water partition coefficient (Wildman–Crippen LogP) is 3.48. The topological polar surface area (TPSA) is 45.7 Å². The van der Waals surface area contributed by atoms with Crippen molar-refractivity contribution in [1.29, 1.82) is 0 Å². The number of amides is 1. The normalized spacial score (nSPS) is 15.5. The van der Waals surface area contributed by atoms with Crippen LogP contribution in [0.5, 0.6) is 5.88 Å². The summed E-state index contributed by atoms with van der Waals surface area (Å²) in [4.78, 5) is 21.4. The number of nitrogens with zero attached hydrogens (tertiary/aromatic N) is 3. The van der Waals surface area contributed by atoms with Gasteiger partial charge in [0.1, 0.15) is 5.56 Å². The second-order valence-corrected chi connectivity index (χ2v) is 6.77. The molecule has 0 atom stereocenters. The van der Waals surface area contributed by atoms with Crippen molar-refractivity contribution >= 4 is 17.5 Å². The van der Waals surface area contributed by atoms with Crippen LogP contribution in [0.25, 0.3) is 0 Å². The molecular weight excluding hydrogens is 350 g/mol. The molecule has 138 valence electrons. The van der Waals surface area contributed by atoms with Crippen molar-refractivity contribution in [3.63, 3.8) is 0 Å². The maximum Gasteiger partial charge on any atom is 0.259 e. The molecule has 0 spiro atoms. The summed E-state index contributed by atoms with van der Waals surface area (Å²) < 4.78 is 5.51. The van der Waals surface area contributed by atoms with Crippen molar-refractivity contribution in [1.82, 2.24) is 14.8 Å². The first-order valence-electron chi connectivity index (χ1n) is 9.01. The molecule has 1 aliphatic rings. The molecule has 1 saturated heterocycles. The summed E-state index contributed by atoms with van der Waals surface area (Å²) in [6.07, 6.45) is 2.60. The van der Waals surface area contributed by atoms with Gasteiger partial charge in [0.2, 0.25) is 5.88 Å². The van der Waals surface area contributed by atoms with E-state index in [4.69, 9.17) is 16.3 Å². The Labute approximate surface area is 159 Å². The van der Waals surface area contributed by atoms with E-state index < -0.39 is 0 Å². The van der Waals surface area contributed by atoms with Gasteiger partial charge < -0.3 is 9.64 Å². The highest BCUT2D eigenvalue weighted by Gasteiger charge is 2.23. The Bertz CT molecular complexity index is 736. The summed E-state index contributed by atoms with van der Waals surface area (Å²) in [6.45, 7) is 6.52. The largest absolute Gasteiger partial charge is 0.477 e. The van der Waals surface area contributed by atoms with Crippen LogP contribution in [0, 0.1) is 0 Å². The Kier molecular flexibility index (Phi) is 6.47. The van der Waals surface area contributed by atoms with E-state index in [9.17, 15) is 4.79 Å². The number of hydrogen-bond donors (Lipinski definition) is 0. The molecule has 1 aromatic carbocycles. The molecule has 6 heteroatoms. The molecule has 1 amide bonds. The Hall–Kier alpha value is -2.11. The van der Waals surface area contributed by atoms with Crippen LogP contribution in [-0.4, -0.2) is 53.5 Å². The Morgan fingerprint density at radius 2 is 1.96 bits per heavy atom. The molecule has 1 fully saturated rings. The molecule has 2 aromatic rings. The monoisotopic (exact) mass is 373 g/mol. The van der Waals surface area contributed by atoms with E-state index in [1.54, 1.807) is 18.3 Å². The summed E-state index contributed by atoms with van der Waals surface area (Å²) in [5.41, 5.74) is 1.78. The number of carbonyl (C=O) groups excluding carboxylic acids is 1. The Morgan fingerprint density at radius 3 is 2.73 bits per heavy atom. The molecule has 0 N–H and O–H groups in total. The maximum absolute atomic E-state index is 12.9. The lowest BCUT2D eigenvalue weighted by Crippen LogP contribution is -2.35. The summed E-state index contributed by atoms with van der Waals surface area (Å²) in [5, 5.41) is 0.753. The van der Waals surface area contributed by atoms with E-state index >= 15 is 0 Å². The van der Waals surface area contributed by atoms with Crippen LogP contribution in [-0.2, 0) is 6.54 Å². The van der Waals surface area contributed by atoms with Crippen molar-refractivity contribution < 1.29 is 9.53 Å². The molecule has 1 aromatic heterocycles. The first-order chi connectivity index (χ1) is 12.7. The van der Waals surface area contributed by atoms with Gasteiger partial charge in [0.25, 0.3) is 5.91 Å². The molecule has 0 saturated carbocycles. The van der Waals surface area contributed by atoms with E-state index in [1.807, 2.05) is 24.0 Å². The zero-order valence-corrected chi connectivity index (χ0v) is 15.8. The summed E-state index contributed by atoms with van der Waals surface area (Å²) in [6, 6.07) is 11.5. The average Bonchev–Trinajstić information content (AvgIpc) is 2.89. The average molecular weight is 374 g/mol.